The molecule has 106 valence electrons. The maximum absolute atomic E-state index is 11.9. The highest BCUT2D eigenvalue weighted by Crippen LogP contribution is 2.21. The SMILES string of the molecule is COCCn1c(N)c(N2CC[C@H](O)C2)c(=O)[nH]c1=O. The number of nitrogens with zero attached hydrogens (tertiary/aromatic N) is 2. The molecule has 1 aliphatic heterocycles. The second kappa shape index (κ2) is 5.45. The molecule has 0 spiro atoms. The lowest BCUT2D eigenvalue weighted by atomic mass is 10.3. The number of β-amino-alcohol motifs (C(OH)–C–C–N with tert-alkyl or cyclic N) is 1. The number of hydrogen-bond acceptors (Lipinski definition) is 6. The molecule has 1 saturated heterocycles. The van der Waals surface area contributed by atoms with Gasteiger partial charge in [-0.25, -0.2) is 4.79 Å². The third-order valence-corrected chi connectivity index (χ3v) is 3.21. The first-order chi connectivity index (χ1) is 9.04. The van der Waals surface area contributed by atoms with Crippen LogP contribution < -0.4 is 21.9 Å². The van der Waals surface area contributed by atoms with Gasteiger partial charge in [-0.3, -0.25) is 14.3 Å². The zero-order chi connectivity index (χ0) is 14.0. The van der Waals surface area contributed by atoms with Crippen molar-refractivity contribution in [3.63, 3.8) is 0 Å². The second-order valence-corrected chi connectivity index (χ2v) is 4.53. The lowest BCUT2D eigenvalue weighted by Crippen LogP contribution is -2.38. The Bertz CT molecular complexity index is 565. The molecular weight excluding hydrogens is 252 g/mol. The number of H-pyrrole nitrogens is 1. The van der Waals surface area contributed by atoms with Gasteiger partial charge in [0.15, 0.2) is 0 Å². The molecule has 19 heavy (non-hydrogen) atoms. The van der Waals surface area contributed by atoms with Gasteiger partial charge < -0.3 is 20.5 Å². The Labute approximate surface area is 109 Å². The highest BCUT2D eigenvalue weighted by atomic mass is 16.5. The van der Waals surface area contributed by atoms with E-state index in [1.165, 1.54) is 11.7 Å². The fraction of sp³-hybridized carbons (Fsp3) is 0.636. The minimum absolute atomic E-state index is 0.111. The van der Waals surface area contributed by atoms with Crippen LogP contribution >= 0.6 is 0 Å². The van der Waals surface area contributed by atoms with Crippen molar-refractivity contribution >= 4 is 11.5 Å². The molecule has 0 saturated carbocycles. The van der Waals surface area contributed by atoms with Gasteiger partial charge in [0.1, 0.15) is 11.5 Å². The van der Waals surface area contributed by atoms with Crippen LogP contribution in [0.2, 0.25) is 0 Å². The van der Waals surface area contributed by atoms with Crippen LogP contribution in [0.15, 0.2) is 9.59 Å². The van der Waals surface area contributed by atoms with Crippen LogP contribution in [0.3, 0.4) is 0 Å². The van der Waals surface area contributed by atoms with Gasteiger partial charge in [0, 0.05) is 20.2 Å². The minimum atomic E-state index is -0.553. The molecule has 1 aromatic heterocycles. The first-order valence-electron chi connectivity index (χ1n) is 6.09. The number of ether oxygens (including phenoxy) is 1. The van der Waals surface area contributed by atoms with Crippen LogP contribution in [-0.2, 0) is 11.3 Å². The number of nitrogen functional groups attached to an aromatic ring is 1. The molecule has 4 N–H and O–H groups in total. The number of aliphatic hydroxyl groups excluding tert-OH is 1. The van der Waals surface area contributed by atoms with Crippen LogP contribution in [0, 0.1) is 0 Å². The van der Waals surface area contributed by atoms with Crippen molar-refractivity contribution in [1.29, 1.82) is 0 Å². The molecule has 0 unspecified atom stereocenters. The van der Waals surface area contributed by atoms with Crippen molar-refractivity contribution in [2.24, 2.45) is 0 Å². The minimum Gasteiger partial charge on any atom is -0.391 e. The van der Waals surface area contributed by atoms with Crippen molar-refractivity contribution in [3.05, 3.63) is 20.8 Å². The zero-order valence-corrected chi connectivity index (χ0v) is 10.8. The Kier molecular flexibility index (Phi) is 3.91. The molecule has 0 bridgehead atoms. The van der Waals surface area contributed by atoms with Crippen molar-refractivity contribution in [3.8, 4) is 0 Å². The maximum atomic E-state index is 11.9. The molecular formula is C11H18N4O4. The van der Waals surface area contributed by atoms with Crippen molar-refractivity contribution in [2.75, 3.05) is 37.4 Å². The van der Waals surface area contributed by atoms with Crippen LogP contribution in [0.5, 0.6) is 0 Å². The van der Waals surface area contributed by atoms with Gasteiger partial charge in [-0.1, -0.05) is 0 Å². The Hall–Kier alpha value is -1.80. The van der Waals surface area contributed by atoms with Crippen molar-refractivity contribution in [2.45, 2.75) is 19.1 Å². The first kappa shape index (κ1) is 13.6. The van der Waals surface area contributed by atoms with E-state index in [9.17, 15) is 14.7 Å². The smallest absolute Gasteiger partial charge is 0.330 e. The van der Waals surface area contributed by atoms with E-state index in [1.54, 1.807) is 4.90 Å². The Morgan fingerprint density at radius 3 is 2.84 bits per heavy atom. The lowest BCUT2D eigenvalue weighted by Gasteiger charge is -2.20. The molecule has 1 aliphatic rings. The second-order valence-electron chi connectivity index (χ2n) is 4.53. The summed E-state index contributed by atoms with van der Waals surface area (Å²) in [6, 6.07) is 0. The van der Waals surface area contributed by atoms with Gasteiger partial charge in [0.05, 0.1) is 19.3 Å². The summed E-state index contributed by atoms with van der Waals surface area (Å²) < 4.78 is 6.18. The highest BCUT2D eigenvalue weighted by molar-refractivity contribution is 5.63. The Balaban J connectivity index is 2.43. The molecule has 2 heterocycles. The van der Waals surface area contributed by atoms with Gasteiger partial charge >= 0.3 is 5.69 Å². The number of anilines is 2. The summed E-state index contributed by atoms with van der Waals surface area (Å²) >= 11 is 0. The third-order valence-electron chi connectivity index (χ3n) is 3.21. The van der Waals surface area contributed by atoms with Crippen LogP contribution in [0.4, 0.5) is 11.5 Å². The zero-order valence-electron chi connectivity index (χ0n) is 10.8. The Morgan fingerprint density at radius 2 is 2.26 bits per heavy atom. The number of aromatic nitrogens is 2. The summed E-state index contributed by atoms with van der Waals surface area (Å²) in [4.78, 5) is 27.5. The van der Waals surface area contributed by atoms with Gasteiger partial charge in [-0.05, 0) is 6.42 Å². The molecule has 8 heteroatoms. The number of hydrogen-bond donors (Lipinski definition) is 3. The molecule has 0 amide bonds. The maximum Gasteiger partial charge on any atom is 0.330 e. The molecule has 1 atom stereocenters. The van der Waals surface area contributed by atoms with Crippen LogP contribution in [-0.4, -0.2) is 47.6 Å². The van der Waals surface area contributed by atoms with Gasteiger partial charge in [-0.2, -0.15) is 0 Å². The number of aromatic amines is 1. The summed E-state index contributed by atoms with van der Waals surface area (Å²) in [6.45, 7) is 1.46. The van der Waals surface area contributed by atoms with Crippen molar-refractivity contribution in [1.82, 2.24) is 9.55 Å². The predicted octanol–water partition coefficient (Wildman–Crippen LogP) is -1.66. The van der Waals surface area contributed by atoms with E-state index < -0.39 is 17.4 Å². The van der Waals surface area contributed by atoms with E-state index in [1.807, 2.05) is 0 Å². The van der Waals surface area contributed by atoms with E-state index in [0.717, 1.165) is 0 Å². The largest absolute Gasteiger partial charge is 0.391 e. The highest BCUT2D eigenvalue weighted by Gasteiger charge is 2.25. The van der Waals surface area contributed by atoms with E-state index in [2.05, 4.69) is 4.98 Å². The number of aliphatic hydroxyl groups is 1. The van der Waals surface area contributed by atoms with Crippen LogP contribution in [0.1, 0.15) is 6.42 Å². The molecule has 0 aromatic carbocycles. The van der Waals surface area contributed by atoms with E-state index >= 15 is 0 Å². The van der Waals surface area contributed by atoms with Crippen LogP contribution in [0.25, 0.3) is 0 Å². The molecule has 0 radical (unpaired) electrons. The van der Waals surface area contributed by atoms with Gasteiger partial charge in [0.25, 0.3) is 5.56 Å². The number of rotatable bonds is 4. The lowest BCUT2D eigenvalue weighted by molar-refractivity contribution is 0.186. The first-order valence-corrected chi connectivity index (χ1v) is 6.09. The number of methoxy groups -OCH3 is 1. The average Bonchev–Trinajstić information content (AvgIpc) is 2.75. The van der Waals surface area contributed by atoms with Gasteiger partial charge in [0.2, 0.25) is 0 Å². The standard InChI is InChI=1S/C11H18N4O4/c1-19-5-4-15-9(12)8(10(17)13-11(15)18)14-3-2-7(16)6-14/h7,16H,2-6,12H2,1H3,(H,13,17,18)/t7-/m0/s1. The van der Waals surface area contributed by atoms with Crippen molar-refractivity contribution < 1.29 is 9.84 Å². The fourth-order valence-corrected chi connectivity index (χ4v) is 2.23. The Morgan fingerprint density at radius 1 is 1.53 bits per heavy atom. The predicted molar refractivity (Wildman–Crippen MR) is 70.4 cm³/mol. The summed E-state index contributed by atoms with van der Waals surface area (Å²) in [6.07, 6.45) is 0.106. The molecule has 0 aliphatic carbocycles. The van der Waals surface area contributed by atoms with Gasteiger partial charge in [-0.15, -0.1) is 0 Å². The third kappa shape index (κ3) is 2.64. The molecule has 1 fully saturated rings. The number of nitrogens with one attached hydrogen (secondary N) is 1. The molecule has 8 nitrogen and oxygen atoms in total. The topological polar surface area (TPSA) is 114 Å². The average molecular weight is 270 g/mol. The summed E-state index contributed by atoms with van der Waals surface area (Å²) in [5.74, 6) is 0.111. The van der Waals surface area contributed by atoms with E-state index in [-0.39, 0.29) is 18.1 Å². The normalized spacial score (nSPS) is 19.1. The quantitative estimate of drug-likeness (QED) is 0.603. The monoisotopic (exact) mass is 270 g/mol. The molecule has 1 aromatic rings. The fourth-order valence-electron chi connectivity index (χ4n) is 2.23. The number of nitrogens with two attached hydrogens (primary N) is 1. The van der Waals surface area contributed by atoms with E-state index in [4.69, 9.17) is 10.5 Å². The van der Waals surface area contributed by atoms with E-state index in [0.29, 0.717) is 26.1 Å². The summed E-state index contributed by atoms with van der Waals surface area (Å²) in [7, 11) is 1.52. The molecule has 2 rings (SSSR count). The summed E-state index contributed by atoms with van der Waals surface area (Å²) in [5.41, 5.74) is 5.08. The summed E-state index contributed by atoms with van der Waals surface area (Å²) in [5, 5.41) is 9.52.